The van der Waals surface area contributed by atoms with E-state index in [4.69, 9.17) is 11.6 Å². The Kier molecular flexibility index (Phi) is 6.28. The van der Waals surface area contributed by atoms with E-state index in [1.165, 1.54) is 7.11 Å². The van der Waals surface area contributed by atoms with Crippen LogP contribution in [0.5, 0.6) is 0 Å². The molecule has 0 aliphatic carbocycles. The minimum atomic E-state index is -0.677. The second kappa shape index (κ2) is 7.48. The molecule has 0 radical (unpaired) electrons. The van der Waals surface area contributed by atoms with Crippen molar-refractivity contribution in [2.24, 2.45) is 5.92 Å². The van der Waals surface area contributed by atoms with Crippen molar-refractivity contribution >= 4 is 17.6 Å². The molecule has 0 aliphatic heterocycles. The molecule has 0 saturated heterocycles. The van der Waals surface area contributed by atoms with Crippen LogP contribution in [0.3, 0.4) is 0 Å². The molecule has 0 fully saturated rings. The molecule has 0 spiro atoms. The summed E-state index contributed by atoms with van der Waals surface area (Å²) in [6.07, 6.45) is -0.677. The molecule has 0 saturated carbocycles. The molecule has 5 heteroatoms. The average molecular weight is 286 g/mol. The summed E-state index contributed by atoms with van der Waals surface area (Å²) in [5.74, 6) is -0.479. The molecule has 0 amide bonds. The number of aliphatic hydroxyl groups is 1. The molecule has 1 aromatic rings. The van der Waals surface area contributed by atoms with E-state index in [2.05, 4.69) is 4.74 Å². The lowest BCUT2D eigenvalue weighted by Crippen LogP contribution is -2.32. The fourth-order valence-corrected chi connectivity index (χ4v) is 2.22. The van der Waals surface area contributed by atoms with Crippen molar-refractivity contribution in [3.05, 3.63) is 34.9 Å². The van der Waals surface area contributed by atoms with Crippen LogP contribution in [0.4, 0.5) is 0 Å². The number of carbonyl (C=O) groups is 1. The van der Waals surface area contributed by atoms with Gasteiger partial charge in [0.25, 0.3) is 0 Å². The van der Waals surface area contributed by atoms with Gasteiger partial charge in [0.1, 0.15) is 0 Å². The van der Waals surface area contributed by atoms with Crippen molar-refractivity contribution in [2.75, 3.05) is 27.2 Å². The lowest BCUT2D eigenvalue weighted by molar-refractivity contribution is -0.145. The molecule has 1 rings (SSSR count). The van der Waals surface area contributed by atoms with Crippen molar-refractivity contribution < 1.29 is 14.6 Å². The van der Waals surface area contributed by atoms with Gasteiger partial charge >= 0.3 is 5.97 Å². The largest absolute Gasteiger partial charge is 0.469 e. The molecule has 0 heterocycles. The molecule has 106 valence electrons. The molecule has 0 aliphatic rings. The van der Waals surface area contributed by atoms with Gasteiger partial charge in [0.15, 0.2) is 0 Å². The topological polar surface area (TPSA) is 49.8 Å². The zero-order chi connectivity index (χ0) is 14.4. The highest BCUT2D eigenvalue weighted by molar-refractivity contribution is 6.31. The number of methoxy groups -OCH3 is 1. The minimum absolute atomic E-state index is 0.228. The summed E-state index contributed by atoms with van der Waals surface area (Å²) in [6.45, 7) is 2.73. The van der Waals surface area contributed by atoms with Crippen LogP contribution < -0.4 is 0 Å². The summed E-state index contributed by atoms with van der Waals surface area (Å²) < 4.78 is 4.67. The molecule has 1 aromatic carbocycles. The third-order valence-corrected chi connectivity index (χ3v) is 3.28. The first-order valence-electron chi connectivity index (χ1n) is 6.14. The van der Waals surface area contributed by atoms with Gasteiger partial charge < -0.3 is 14.7 Å². The van der Waals surface area contributed by atoms with Gasteiger partial charge in [0.2, 0.25) is 0 Å². The molecule has 1 N–H and O–H groups in total. The van der Waals surface area contributed by atoms with E-state index in [1.807, 2.05) is 24.1 Å². The first-order chi connectivity index (χ1) is 8.95. The Labute approximate surface area is 118 Å². The number of ether oxygens (including phenoxy) is 1. The van der Waals surface area contributed by atoms with Crippen molar-refractivity contribution in [1.29, 1.82) is 0 Å². The third-order valence-electron chi connectivity index (χ3n) is 2.94. The molecule has 0 bridgehead atoms. The van der Waals surface area contributed by atoms with Crippen LogP contribution in [0, 0.1) is 5.92 Å². The van der Waals surface area contributed by atoms with E-state index >= 15 is 0 Å². The zero-order valence-electron chi connectivity index (χ0n) is 11.5. The molecular weight excluding hydrogens is 266 g/mol. The van der Waals surface area contributed by atoms with E-state index < -0.39 is 6.10 Å². The quantitative estimate of drug-likeness (QED) is 0.814. The maximum absolute atomic E-state index is 11.3. The molecule has 4 nitrogen and oxygen atoms in total. The maximum atomic E-state index is 11.3. The van der Waals surface area contributed by atoms with Gasteiger partial charge in [-0.25, -0.2) is 0 Å². The zero-order valence-corrected chi connectivity index (χ0v) is 12.2. The fourth-order valence-electron chi connectivity index (χ4n) is 1.96. The third kappa shape index (κ3) is 4.82. The van der Waals surface area contributed by atoms with E-state index in [9.17, 15) is 9.90 Å². The van der Waals surface area contributed by atoms with Gasteiger partial charge in [-0.3, -0.25) is 4.79 Å². The Morgan fingerprint density at radius 2 is 2.05 bits per heavy atom. The number of carbonyl (C=O) groups excluding carboxylic acids is 1. The van der Waals surface area contributed by atoms with Gasteiger partial charge in [-0.1, -0.05) is 36.7 Å². The van der Waals surface area contributed by atoms with E-state index in [-0.39, 0.29) is 11.9 Å². The number of likely N-dealkylation sites (N-methyl/N-ethyl adjacent to an activating group) is 1. The molecular formula is C14H20ClNO3. The first-order valence-corrected chi connectivity index (χ1v) is 6.52. The molecule has 19 heavy (non-hydrogen) atoms. The number of halogens is 1. The molecule has 2 atom stereocenters. The SMILES string of the molecule is COC(=O)C(C)CN(C)CC(O)c1ccccc1Cl. The van der Waals surface area contributed by atoms with Crippen molar-refractivity contribution in [2.45, 2.75) is 13.0 Å². The summed E-state index contributed by atoms with van der Waals surface area (Å²) in [4.78, 5) is 13.2. The Balaban J connectivity index is 2.55. The van der Waals surface area contributed by atoms with E-state index in [0.29, 0.717) is 23.7 Å². The lowest BCUT2D eigenvalue weighted by Gasteiger charge is -2.23. The fraction of sp³-hybridized carbons (Fsp3) is 0.500. The second-order valence-electron chi connectivity index (χ2n) is 4.68. The number of hydrogen-bond donors (Lipinski definition) is 1. The Morgan fingerprint density at radius 3 is 2.63 bits per heavy atom. The Bertz CT molecular complexity index is 425. The Hall–Kier alpha value is -1.10. The smallest absolute Gasteiger partial charge is 0.309 e. The van der Waals surface area contributed by atoms with Crippen LogP contribution in [0.2, 0.25) is 5.02 Å². The summed E-state index contributed by atoms with van der Waals surface area (Å²) in [5, 5.41) is 10.7. The highest BCUT2D eigenvalue weighted by Gasteiger charge is 2.18. The van der Waals surface area contributed by atoms with Crippen LogP contribution in [0.15, 0.2) is 24.3 Å². The monoisotopic (exact) mass is 285 g/mol. The molecule has 0 aromatic heterocycles. The summed E-state index contributed by atoms with van der Waals surface area (Å²) in [6, 6.07) is 7.20. The van der Waals surface area contributed by atoms with Gasteiger partial charge in [0, 0.05) is 23.7 Å². The van der Waals surface area contributed by atoms with E-state index in [1.54, 1.807) is 19.1 Å². The molecule has 2 unspecified atom stereocenters. The van der Waals surface area contributed by atoms with Gasteiger partial charge in [-0.15, -0.1) is 0 Å². The average Bonchev–Trinajstić information content (AvgIpc) is 2.37. The van der Waals surface area contributed by atoms with Crippen LogP contribution in [0.25, 0.3) is 0 Å². The predicted molar refractivity (Wildman–Crippen MR) is 75.1 cm³/mol. The van der Waals surface area contributed by atoms with Gasteiger partial charge in [-0.05, 0) is 13.1 Å². The number of benzene rings is 1. The maximum Gasteiger partial charge on any atom is 0.309 e. The number of rotatable bonds is 6. The van der Waals surface area contributed by atoms with Crippen LogP contribution in [-0.4, -0.2) is 43.2 Å². The van der Waals surface area contributed by atoms with Crippen LogP contribution in [0.1, 0.15) is 18.6 Å². The van der Waals surface area contributed by atoms with E-state index in [0.717, 1.165) is 0 Å². The highest BCUT2D eigenvalue weighted by Crippen LogP contribution is 2.23. The summed E-state index contributed by atoms with van der Waals surface area (Å²) in [7, 11) is 3.22. The first kappa shape index (κ1) is 16.0. The highest BCUT2D eigenvalue weighted by atomic mass is 35.5. The Morgan fingerprint density at radius 1 is 1.42 bits per heavy atom. The summed E-state index contributed by atoms with van der Waals surface area (Å²) in [5.41, 5.74) is 0.696. The van der Waals surface area contributed by atoms with Crippen molar-refractivity contribution in [3.63, 3.8) is 0 Å². The number of hydrogen-bond acceptors (Lipinski definition) is 4. The number of esters is 1. The number of aliphatic hydroxyl groups excluding tert-OH is 1. The minimum Gasteiger partial charge on any atom is -0.469 e. The van der Waals surface area contributed by atoms with Crippen molar-refractivity contribution in [3.8, 4) is 0 Å². The predicted octanol–water partition coefficient (Wildman–Crippen LogP) is 2.11. The van der Waals surface area contributed by atoms with Gasteiger partial charge in [0.05, 0.1) is 19.1 Å². The number of nitrogens with zero attached hydrogens (tertiary/aromatic N) is 1. The van der Waals surface area contributed by atoms with Gasteiger partial charge in [-0.2, -0.15) is 0 Å². The second-order valence-corrected chi connectivity index (χ2v) is 5.09. The lowest BCUT2D eigenvalue weighted by atomic mass is 10.1. The van der Waals surface area contributed by atoms with Crippen LogP contribution in [-0.2, 0) is 9.53 Å². The summed E-state index contributed by atoms with van der Waals surface area (Å²) >= 11 is 6.03. The van der Waals surface area contributed by atoms with Crippen molar-refractivity contribution in [1.82, 2.24) is 4.90 Å². The van der Waals surface area contributed by atoms with Crippen LogP contribution >= 0.6 is 11.6 Å². The normalized spacial score (nSPS) is 14.2. The standard InChI is InChI=1S/C14H20ClNO3/c1-10(14(18)19-3)8-16(2)9-13(17)11-6-4-5-7-12(11)15/h4-7,10,13,17H,8-9H2,1-3H3.